The molecule has 4 nitrogen and oxygen atoms in total. The van der Waals surface area contributed by atoms with Crippen molar-refractivity contribution in [1.82, 2.24) is 14.4 Å². The molecule has 0 radical (unpaired) electrons. The normalized spacial score (nSPS) is 11.5. The third-order valence-corrected chi connectivity index (χ3v) is 4.32. The first kappa shape index (κ1) is 14.8. The van der Waals surface area contributed by atoms with E-state index in [9.17, 15) is 8.78 Å². The Balaban J connectivity index is 1.81. The van der Waals surface area contributed by atoms with Gasteiger partial charge in [0.1, 0.15) is 23.6 Å². The Morgan fingerprint density at radius 1 is 1.00 bits per heavy atom. The number of pyridine rings is 1. The lowest BCUT2D eigenvalue weighted by Gasteiger charge is -2.07. The van der Waals surface area contributed by atoms with Crippen LogP contribution in [0.5, 0.6) is 0 Å². The molecule has 5 aromatic rings. The second-order valence-corrected chi connectivity index (χ2v) is 5.90. The molecule has 3 aromatic heterocycles. The Morgan fingerprint density at radius 2 is 1.92 bits per heavy atom. The molecule has 126 valence electrons. The molecular formula is C20H11F2N3O. The van der Waals surface area contributed by atoms with Crippen LogP contribution in [0, 0.1) is 11.6 Å². The lowest BCUT2D eigenvalue weighted by molar-refractivity contribution is 0.585. The van der Waals surface area contributed by atoms with Gasteiger partial charge in [-0.05, 0) is 30.3 Å². The van der Waals surface area contributed by atoms with Gasteiger partial charge in [0.15, 0.2) is 0 Å². The average Bonchev–Trinajstić information content (AvgIpc) is 3.22. The van der Waals surface area contributed by atoms with Gasteiger partial charge in [-0.15, -0.1) is 0 Å². The van der Waals surface area contributed by atoms with Crippen LogP contribution >= 0.6 is 0 Å². The number of imidazole rings is 1. The first-order valence-electron chi connectivity index (χ1n) is 7.97. The van der Waals surface area contributed by atoms with Crippen molar-refractivity contribution >= 4 is 16.7 Å². The second-order valence-electron chi connectivity index (χ2n) is 5.90. The van der Waals surface area contributed by atoms with E-state index in [4.69, 9.17) is 4.42 Å². The fourth-order valence-corrected chi connectivity index (χ4v) is 3.15. The summed E-state index contributed by atoms with van der Waals surface area (Å²) in [6.45, 7) is 0. The predicted octanol–water partition coefficient (Wildman–Crippen LogP) is 5.09. The maximum Gasteiger partial charge on any atom is 0.306 e. The summed E-state index contributed by atoms with van der Waals surface area (Å²) in [7, 11) is 0. The topological polar surface area (TPSA) is 43.3 Å². The van der Waals surface area contributed by atoms with Crippen molar-refractivity contribution in [3.05, 3.63) is 78.8 Å². The van der Waals surface area contributed by atoms with E-state index < -0.39 is 11.6 Å². The van der Waals surface area contributed by atoms with Gasteiger partial charge < -0.3 is 4.42 Å². The minimum absolute atomic E-state index is 0.214. The number of hydrogen-bond donors (Lipinski definition) is 0. The zero-order chi connectivity index (χ0) is 17.7. The number of rotatable bonds is 2. The summed E-state index contributed by atoms with van der Waals surface area (Å²) in [6.07, 6.45) is 4.96. The van der Waals surface area contributed by atoms with Crippen molar-refractivity contribution in [1.29, 1.82) is 0 Å². The Bertz CT molecular complexity index is 1270. The maximum absolute atomic E-state index is 14.4. The summed E-state index contributed by atoms with van der Waals surface area (Å²) < 4.78 is 34.8. The fourth-order valence-electron chi connectivity index (χ4n) is 3.15. The molecule has 0 unspecified atom stereocenters. The highest BCUT2D eigenvalue weighted by Crippen LogP contribution is 2.35. The van der Waals surface area contributed by atoms with Gasteiger partial charge in [-0.3, -0.25) is 9.38 Å². The van der Waals surface area contributed by atoms with Crippen molar-refractivity contribution < 1.29 is 13.2 Å². The molecule has 0 amide bonds. The van der Waals surface area contributed by atoms with Crippen LogP contribution in [0.25, 0.3) is 39.3 Å². The smallest absolute Gasteiger partial charge is 0.306 e. The molecule has 0 aliphatic rings. The van der Waals surface area contributed by atoms with Gasteiger partial charge in [-0.25, -0.2) is 8.78 Å². The lowest BCUT2D eigenvalue weighted by atomic mass is 10.0. The molecule has 0 N–H and O–H groups in total. The van der Waals surface area contributed by atoms with Crippen LogP contribution in [0.4, 0.5) is 8.78 Å². The van der Waals surface area contributed by atoms with E-state index in [0.717, 1.165) is 22.5 Å². The zero-order valence-corrected chi connectivity index (χ0v) is 13.4. The maximum atomic E-state index is 14.4. The summed E-state index contributed by atoms with van der Waals surface area (Å²) >= 11 is 0. The fraction of sp³-hybridized carbons (Fsp3) is 0. The van der Waals surface area contributed by atoms with Gasteiger partial charge in [0, 0.05) is 35.0 Å². The van der Waals surface area contributed by atoms with Crippen molar-refractivity contribution in [3.8, 4) is 22.5 Å². The molecule has 0 aliphatic heterocycles. The minimum atomic E-state index is -0.672. The van der Waals surface area contributed by atoms with Gasteiger partial charge >= 0.3 is 5.84 Å². The molecule has 2 aromatic carbocycles. The molecule has 26 heavy (non-hydrogen) atoms. The first-order valence-corrected chi connectivity index (χ1v) is 7.97. The second kappa shape index (κ2) is 5.49. The standard InChI is InChI=1S/C20H11F2N3O/c21-14-4-5-15(16(22)11-14)18-19(25-8-9-26-20(25)24-18)13-3-6-17-12(10-13)2-1-7-23-17/h1-11H. The highest BCUT2D eigenvalue weighted by Gasteiger charge is 2.20. The number of benzene rings is 2. The van der Waals surface area contributed by atoms with Crippen LogP contribution in [0.1, 0.15) is 0 Å². The van der Waals surface area contributed by atoms with E-state index in [0.29, 0.717) is 17.2 Å². The van der Waals surface area contributed by atoms with E-state index in [2.05, 4.69) is 9.97 Å². The summed E-state index contributed by atoms with van der Waals surface area (Å²) in [6, 6.07) is 13.0. The van der Waals surface area contributed by atoms with Gasteiger partial charge in [0.25, 0.3) is 0 Å². The number of nitrogens with zero attached hydrogens (tertiary/aromatic N) is 3. The number of fused-ring (bicyclic) bond motifs is 2. The molecular weight excluding hydrogens is 336 g/mol. The van der Waals surface area contributed by atoms with Crippen LogP contribution in [-0.2, 0) is 0 Å². The Morgan fingerprint density at radius 3 is 2.81 bits per heavy atom. The number of halogens is 2. The quantitative estimate of drug-likeness (QED) is 0.447. The van der Waals surface area contributed by atoms with E-state index in [1.165, 1.54) is 18.4 Å². The molecule has 3 heterocycles. The van der Waals surface area contributed by atoms with Gasteiger partial charge in [-0.1, -0.05) is 12.1 Å². The molecule has 6 heteroatoms. The van der Waals surface area contributed by atoms with Crippen LogP contribution in [0.3, 0.4) is 0 Å². The third-order valence-electron chi connectivity index (χ3n) is 4.32. The monoisotopic (exact) mass is 347 g/mol. The van der Waals surface area contributed by atoms with Gasteiger partial charge in [0.05, 0.1) is 11.2 Å². The van der Waals surface area contributed by atoms with Crippen molar-refractivity contribution in [3.63, 3.8) is 0 Å². The average molecular weight is 347 g/mol. The van der Waals surface area contributed by atoms with E-state index in [1.807, 2.05) is 30.3 Å². The van der Waals surface area contributed by atoms with E-state index in [-0.39, 0.29) is 5.56 Å². The van der Waals surface area contributed by atoms with Crippen LogP contribution in [-0.4, -0.2) is 14.4 Å². The van der Waals surface area contributed by atoms with Crippen LogP contribution < -0.4 is 0 Å². The van der Waals surface area contributed by atoms with E-state index in [1.54, 1.807) is 16.8 Å². The largest absolute Gasteiger partial charge is 0.432 e. The number of aromatic nitrogens is 3. The Labute approximate surface area is 146 Å². The number of oxazole rings is 1. The summed E-state index contributed by atoms with van der Waals surface area (Å²) in [5.74, 6) is -0.966. The molecule has 0 aliphatic carbocycles. The first-order chi connectivity index (χ1) is 12.7. The van der Waals surface area contributed by atoms with Crippen molar-refractivity contribution in [2.45, 2.75) is 0 Å². The van der Waals surface area contributed by atoms with Gasteiger partial charge in [0.2, 0.25) is 0 Å². The molecule has 5 rings (SSSR count). The molecule has 0 saturated carbocycles. The van der Waals surface area contributed by atoms with Crippen LogP contribution in [0.15, 0.2) is 71.6 Å². The summed E-state index contributed by atoms with van der Waals surface area (Å²) in [5.41, 5.74) is 2.97. The molecule has 0 fully saturated rings. The Kier molecular flexibility index (Phi) is 3.12. The minimum Gasteiger partial charge on any atom is -0.432 e. The summed E-state index contributed by atoms with van der Waals surface area (Å²) in [5, 5.41) is 0.953. The third kappa shape index (κ3) is 2.19. The Hall–Kier alpha value is -3.54. The van der Waals surface area contributed by atoms with E-state index >= 15 is 0 Å². The molecule has 0 spiro atoms. The van der Waals surface area contributed by atoms with Crippen molar-refractivity contribution in [2.24, 2.45) is 0 Å². The molecule has 0 saturated heterocycles. The van der Waals surface area contributed by atoms with Gasteiger partial charge in [-0.2, -0.15) is 4.98 Å². The highest BCUT2D eigenvalue weighted by atomic mass is 19.1. The number of hydrogen-bond acceptors (Lipinski definition) is 3. The lowest BCUT2D eigenvalue weighted by Crippen LogP contribution is -1.91. The highest BCUT2D eigenvalue weighted by molar-refractivity contribution is 5.88. The summed E-state index contributed by atoms with van der Waals surface area (Å²) in [4.78, 5) is 8.73. The predicted molar refractivity (Wildman–Crippen MR) is 93.5 cm³/mol. The van der Waals surface area contributed by atoms with Crippen molar-refractivity contribution in [2.75, 3.05) is 0 Å². The van der Waals surface area contributed by atoms with Crippen LogP contribution in [0.2, 0.25) is 0 Å². The SMILES string of the molecule is Fc1ccc(-c2nc3occn3c2-c2ccc3ncccc3c2)c(F)c1. The molecule has 0 bridgehead atoms. The molecule has 0 atom stereocenters. The zero-order valence-electron chi connectivity index (χ0n) is 13.4.